The molecule has 0 spiro atoms. The summed E-state index contributed by atoms with van der Waals surface area (Å²) in [6.07, 6.45) is 6.46. The molecule has 3 rings (SSSR count). The zero-order valence-corrected chi connectivity index (χ0v) is 14.0. The molecule has 0 unspecified atom stereocenters. The molecule has 0 atom stereocenters. The smallest absolute Gasteiger partial charge is 0.229 e. The summed E-state index contributed by atoms with van der Waals surface area (Å²) in [6.45, 7) is 1.82. The van der Waals surface area contributed by atoms with E-state index in [0.29, 0.717) is 42.5 Å². The number of rotatable bonds is 6. The summed E-state index contributed by atoms with van der Waals surface area (Å²) in [5, 5.41) is 3.09. The Morgan fingerprint density at radius 2 is 2.08 bits per heavy atom. The molecular formula is C19H23FN2O2. The normalized spacial score (nSPS) is 14.9. The largest absolute Gasteiger partial charge is 0.441 e. The van der Waals surface area contributed by atoms with E-state index >= 15 is 0 Å². The van der Waals surface area contributed by atoms with Crippen molar-refractivity contribution in [2.24, 2.45) is 0 Å². The van der Waals surface area contributed by atoms with Gasteiger partial charge in [-0.25, -0.2) is 9.37 Å². The van der Waals surface area contributed by atoms with E-state index in [1.165, 1.54) is 18.9 Å². The van der Waals surface area contributed by atoms with Crippen molar-refractivity contribution in [2.75, 3.05) is 0 Å². The summed E-state index contributed by atoms with van der Waals surface area (Å²) < 4.78 is 19.4. The lowest BCUT2D eigenvalue weighted by atomic mass is 10.1. The lowest BCUT2D eigenvalue weighted by Crippen LogP contribution is -2.32. The highest BCUT2D eigenvalue weighted by Crippen LogP contribution is 2.25. The number of carbonyl (C=O) groups excluding carboxylic acids is 1. The van der Waals surface area contributed by atoms with Crippen LogP contribution in [0.4, 0.5) is 4.39 Å². The Hall–Kier alpha value is -2.17. The van der Waals surface area contributed by atoms with Gasteiger partial charge in [0.05, 0.1) is 11.3 Å². The molecule has 0 saturated heterocycles. The highest BCUT2D eigenvalue weighted by atomic mass is 19.1. The second-order valence-electron chi connectivity index (χ2n) is 6.40. The second-order valence-corrected chi connectivity index (χ2v) is 6.40. The maximum absolute atomic E-state index is 13.8. The first-order chi connectivity index (χ1) is 11.6. The maximum Gasteiger partial charge on any atom is 0.229 e. The number of amides is 1. The van der Waals surface area contributed by atoms with Crippen LogP contribution in [0.25, 0.3) is 11.5 Å². The van der Waals surface area contributed by atoms with Crippen LogP contribution >= 0.6 is 0 Å². The number of nitrogens with one attached hydrogen (secondary N) is 1. The third-order valence-corrected chi connectivity index (χ3v) is 4.53. The van der Waals surface area contributed by atoms with E-state index < -0.39 is 0 Å². The van der Waals surface area contributed by atoms with E-state index in [9.17, 15) is 9.18 Å². The van der Waals surface area contributed by atoms with Crippen molar-refractivity contribution in [1.82, 2.24) is 10.3 Å². The first-order valence-corrected chi connectivity index (χ1v) is 8.64. The molecule has 0 bridgehead atoms. The molecule has 1 aliphatic rings. The third-order valence-electron chi connectivity index (χ3n) is 4.53. The van der Waals surface area contributed by atoms with Crippen LogP contribution in [0.2, 0.25) is 0 Å². The zero-order valence-electron chi connectivity index (χ0n) is 14.0. The quantitative estimate of drug-likeness (QED) is 0.865. The highest BCUT2D eigenvalue weighted by Gasteiger charge is 2.18. The van der Waals surface area contributed by atoms with Crippen LogP contribution in [0.15, 0.2) is 28.7 Å². The van der Waals surface area contributed by atoms with Crippen molar-refractivity contribution in [3.05, 3.63) is 41.5 Å². The van der Waals surface area contributed by atoms with Gasteiger partial charge >= 0.3 is 0 Å². The van der Waals surface area contributed by atoms with Gasteiger partial charge in [0.15, 0.2) is 0 Å². The Kier molecular flexibility index (Phi) is 5.28. The van der Waals surface area contributed by atoms with Crippen LogP contribution in [0.3, 0.4) is 0 Å². The summed E-state index contributed by atoms with van der Waals surface area (Å²) in [4.78, 5) is 16.3. The van der Waals surface area contributed by atoms with E-state index in [2.05, 4.69) is 10.3 Å². The molecule has 1 heterocycles. The topological polar surface area (TPSA) is 55.1 Å². The Balaban J connectivity index is 1.54. The summed E-state index contributed by atoms with van der Waals surface area (Å²) in [6, 6.07) is 6.80. The second kappa shape index (κ2) is 7.60. The van der Waals surface area contributed by atoms with Gasteiger partial charge in [-0.05, 0) is 44.7 Å². The number of oxazole rings is 1. The molecule has 0 aliphatic heterocycles. The van der Waals surface area contributed by atoms with Gasteiger partial charge in [-0.3, -0.25) is 4.79 Å². The van der Waals surface area contributed by atoms with Crippen molar-refractivity contribution in [3.63, 3.8) is 0 Å². The van der Waals surface area contributed by atoms with Gasteiger partial charge in [0, 0.05) is 12.5 Å². The number of hydrogen-bond acceptors (Lipinski definition) is 3. The lowest BCUT2D eigenvalue weighted by molar-refractivity contribution is -0.121. The fourth-order valence-electron chi connectivity index (χ4n) is 3.20. The minimum atomic E-state index is -0.346. The predicted molar refractivity (Wildman–Crippen MR) is 90.0 cm³/mol. The average Bonchev–Trinajstić information content (AvgIpc) is 3.18. The number of halogens is 1. The summed E-state index contributed by atoms with van der Waals surface area (Å²) in [7, 11) is 0. The molecule has 4 nitrogen and oxygen atoms in total. The zero-order chi connectivity index (χ0) is 16.9. The van der Waals surface area contributed by atoms with E-state index in [1.54, 1.807) is 18.2 Å². The first kappa shape index (κ1) is 16.7. The summed E-state index contributed by atoms with van der Waals surface area (Å²) in [5.74, 6) is 0.749. The van der Waals surface area contributed by atoms with Gasteiger partial charge in [0.2, 0.25) is 11.8 Å². The molecule has 1 aliphatic carbocycles. The monoisotopic (exact) mass is 330 g/mol. The number of aromatic nitrogens is 1. The number of nitrogens with zero attached hydrogens (tertiary/aromatic N) is 1. The molecule has 0 radical (unpaired) electrons. The van der Waals surface area contributed by atoms with Gasteiger partial charge in [-0.1, -0.05) is 25.0 Å². The van der Waals surface area contributed by atoms with Gasteiger partial charge in [0.25, 0.3) is 0 Å². The van der Waals surface area contributed by atoms with Crippen LogP contribution in [0.5, 0.6) is 0 Å². The summed E-state index contributed by atoms with van der Waals surface area (Å²) >= 11 is 0. The number of benzene rings is 1. The first-order valence-electron chi connectivity index (χ1n) is 8.64. The molecule has 2 aromatic rings. The Morgan fingerprint density at radius 1 is 1.33 bits per heavy atom. The highest BCUT2D eigenvalue weighted by molar-refractivity contribution is 5.76. The standard InChI is InChI=1S/C19H23FN2O2/c1-13-17(11-6-12-18(23)21-14-7-2-3-8-14)22-19(24-13)15-9-4-5-10-16(15)20/h4-5,9-10,14H,2-3,6-8,11-12H2,1H3,(H,21,23). The van der Waals surface area contributed by atoms with Crippen molar-refractivity contribution in [1.29, 1.82) is 0 Å². The van der Waals surface area contributed by atoms with Crippen LogP contribution in [0.1, 0.15) is 50.0 Å². The molecule has 128 valence electrons. The maximum atomic E-state index is 13.8. The number of aryl methyl sites for hydroxylation is 2. The molecule has 1 amide bonds. The minimum Gasteiger partial charge on any atom is -0.441 e. The molecular weight excluding hydrogens is 307 g/mol. The van der Waals surface area contributed by atoms with Crippen LogP contribution in [-0.2, 0) is 11.2 Å². The van der Waals surface area contributed by atoms with Gasteiger partial charge in [0.1, 0.15) is 11.6 Å². The fourth-order valence-corrected chi connectivity index (χ4v) is 3.20. The lowest BCUT2D eigenvalue weighted by Gasteiger charge is -2.11. The van der Waals surface area contributed by atoms with Gasteiger partial charge < -0.3 is 9.73 Å². The summed E-state index contributed by atoms with van der Waals surface area (Å²) in [5.41, 5.74) is 1.16. The van der Waals surface area contributed by atoms with E-state index in [4.69, 9.17) is 4.42 Å². The van der Waals surface area contributed by atoms with E-state index in [1.807, 2.05) is 6.92 Å². The van der Waals surface area contributed by atoms with Crippen LogP contribution in [0, 0.1) is 12.7 Å². The van der Waals surface area contributed by atoms with Crippen LogP contribution < -0.4 is 5.32 Å². The van der Waals surface area contributed by atoms with Gasteiger partial charge in [-0.15, -0.1) is 0 Å². The van der Waals surface area contributed by atoms with Crippen molar-refractivity contribution in [3.8, 4) is 11.5 Å². The molecule has 1 saturated carbocycles. The Labute approximate surface area is 141 Å². The molecule has 5 heteroatoms. The average molecular weight is 330 g/mol. The van der Waals surface area contributed by atoms with Gasteiger partial charge in [-0.2, -0.15) is 0 Å². The Morgan fingerprint density at radius 3 is 2.83 bits per heavy atom. The number of carbonyl (C=O) groups is 1. The van der Waals surface area contributed by atoms with E-state index in [0.717, 1.165) is 18.5 Å². The molecule has 1 N–H and O–H groups in total. The SMILES string of the molecule is Cc1oc(-c2ccccc2F)nc1CCCC(=O)NC1CCCC1. The molecule has 1 aromatic carbocycles. The fraction of sp³-hybridized carbons (Fsp3) is 0.474. The molecule has 24 heavy (non-hydrogen) atoms. The molecule has 1 fully saturated rings. The van der Waals surface area contributed by atoms with Crippen molar-refractivity contribution in [2.45, 2.75) is 57.9 Å². The van der Waals surface area contributed by atoms with Crippen LogP contribution in [-0.4, -0.2) is 16.9 Å². The molecule has 1 aromatic heterocycles. The Bertz CT molecular complexity index is 705. The minimum absolute atomic E-state index is 0.109. The van der Waals surface area contributed by atoms with Crippen molar-refractivity contribution < 1.29 is 13.6 Å². The predicted octanol–water partition coefficient (Wildman–Crippen LogP) is 4.17. The third kappa shape index (κ3) is 4.02. The van der Waals surface area contributed by atoms with E-state index in [-0.39, 0.29) is 11.7 Å². The van der Waals surface area contributed by atoms with Crippen molar-refractivity contribution >= 4 is 5.91 Å². The number of hydrogen-bond donors (Lipinski definition) is 1.